The number of carbonyl (C=O) groups excluding carboxylic acids is 1. The van der Waals surface area contributed by atoms with Gasteiger partial charge < -0.3 is 4.90 Å². The normalized spacial score (nSPS) is 13.6. The van der Waals surface area contributed by atoms with Crippen LogP contribution in [0.25, 0.3) is 0 Å². The van der Waals surface area contributed by atoms with Gasteiger partial charge in [0.15, 0.2) is 0 Å². The summed E-state index contributed by atoms with van der Waals surface area (Å²) in [6, 6.07) is 12.8. The molecule has 0 bridgehead atoms. The second-order valence-electron chi connectivity index (χ2n) is 7.27. The summed E-state index contributed by atoms with van der Waals surface area (Å²) in [5.41, 5.74) is 1.36. The number of benzene rings is 2. The number of aromatic nitrogens is 1. The fourth-order valence-electron chi connectivity index (χ4n) is 3.16. The zero-order chi connectivity index (χ0) is 22.0. The average Bonchev–Trinajstić information content (AvgIpc) is 3.59. The molecule has 31 heavy (non-hydrogen) atoms. The van der Waals surface area contributed by atoms with Crippen LogP contribution in [-0.2, 0) is 16.6 Å². The minimum Gasteiger partial charge on any atom is -0.331 e. The number of amides is 1. The number of rotatable bonds is 7. The van der Waals surface area contributed by atoms with E-state index >= 15 is 0 Å². The minimum absolute atomic E-state index is 0.0801. The van der Waals surface area contributed by atoms with Crippen LogP contribution in [0.5, 0.6) is 0 Å². The summed E-state index contributed by atoms with van der Waals surface area (Å²) in [6.07, 6.45) is 5.20. The van der Waals surface area contributed by atoms with Gasteiger partial charge in [0.25, 0.3) is 15.9 Å². The van der Waals surface area contributed by atoms with Crippen LogP contribution in [0.3, 0.4) is 0 Å². The molecule has 2 aromatic carbocycles. The van der Waals surface area contributed by atoms with E-state index in [-0.39, 0.29) is 27.6 Å². The monoisotopic (exact) mass is 459 g/mol. The second-order valence-corrected chi connectivity index (χ2v) is 9.36. The topological polar surface area (TPSA) is 79.4 Å². The van der Waals surface area contributed by atoms with E-state index in [4.69, 9.17) is 11.6 Å². The van der Waals surface area contributed by atoms with Crippen molar-refractivity contribution in [2.24, 2.45) is 0 Å². The molecule has 160 valence electrons. The number of halogens is 2. The van der Waals surface area contributed by atoms with Crippen molar-refractivity contribution in [3.8, 4) is 0 Å². The summed E-state index contributed by atoms with van der Waals surface area (Å²) < 4.78 is 40.8. The highest BCUT2D eigenvalue weighted by Gasteiger charge is 2.33. The van der Waals surface area contributed by atoms with E-state index in [9.17, 15) is 17.6 Å². The Bertz CT molecular complexity index is 1200. The van der Waals surface area contributed by atoms with Gasteiger partial charge >= 0.3 is 0 Å². The highest BCUT2D eigenvalue weighted by Crippen LogP contribution is 2.32. The predicted molar refractivity (Wildman–Crippen MR) is 116 cm³/mol. The Morgan fingerprint density at radius 2 is 1.77 bits per heavy atom. The number of sulfonamides is 1. The minimum atomic E-state index is -4.00. The number of nitrogens with zero attached hydrogens (tertiary/aromatic N) is 2. The first-order valence-electron chi connectivity index (χ1n) is 9.61. The van der Waals surface area contributed by atoms with Crippen LogP contribution in [0.4, 0.5) is 10.1 Å². The van der Waals surface area contributed by atoms with Crippen molar-refractivity contribution in [2.45, 2.75) is 30.3 Å². The third-order valence-corrected chi connectivity index (χ3v) is 6.64. The molecule has 0 unspecified atom stereocenters. The Labute approximate surface area is 184 Å². The molecule has 0 spiro atoms. The van der Waals surface area contributed by atoms with Gasteiger partial charge in [-0.05, 0) is 73.0 Å². The third-order valence-electron chi connectivity index (χ3n) is 4.93. The maximum atomic E-state index is 13.2. The number of nitrogens with one attached hydrogen (secondary N) is 1. The maximum Gasteiger partial charge on any atom is 0.261 e. The van der Waals surface area contributed by atoms with Gasteiger partial charge in [-0.2, -0.15) is 0 Å². The number of pyridine rings is 1. The molecule has 1 heterocycles. The van der Waals surface area contributed by atoms with Crippen LogP contribution in [-0.4, -0.2) is 30.3 Å². The molecule has 0 radical (unpaired) electrons. The molecule has 3 aromatic rings. The Morgan fingerprint density at radius 3 is 2.42 bits per heavy atom. The van der Waals surface area contributed by atoms with E-state index in [1.807, 2.05) is 12.1 Å². The molecule has 6 nitrogen and oxygen atoms in total. The Hall–Kier alpha value is -2.97. The lowest BCUT2D eigenvalue weighted by molar-refractivity contribution is 0.0730. The molecule has 0 atom stereocenters. The quantitative estimate of drug-likeness (QED) is 0.565. The van der Waals surface area contributed by atoms with Crippen molar-refractivity contribution in [3.05, 3.63) is 89.0 Å². The van der Waals surface area contributed by atoms with Gasteiger partial charge in [-0.1, -0.05) is 11.6 Å². The van der Waals surface area contributed by atoms with Crippen molar-refractivity contribution < 1.29 is 17.6 Å². The molecule has 0 aliphatic heterocycles. The maximum absolute atomic E-state index is 13.2. The lowest BCUT2D eigenvalue weighted by Crippen LogP contribution is -2.32. The summed E-state index contributed by atoms with van der Waals surface area (Å²) in [5, 5.41) is 0.148. The number of hydrogen-bond donors (Lipinski definition) is 1. The van der Waals surface area contributed by atoms with Crippen LogP contribution in [0, 0.1) is 5.82 Å². The first-order valence-corrected chi connectivity index (χ1v) is 11.5. The van der Waals surface area contributed by atoms with E-state index < -0.39 is 15.8 Å². The van der Waals surface area contributed by atoms with E-state index in [1.165, 1.54) is 12.1 Å². The molecular formula is C22H19ClFN3O3S. The molecule has 1 N–H and O–H groups in total. The highest BCUT2D eigenvalue weighted by atomic mass is 35.5. The highest BCUT2D eigenvalue weighted by molar-refractivity contribution is 7.92. The summed E-state index contributed by atoms with van der Waals surface area (Å²) >= 11 is 6.19. The summed E-state index contributed by atoms with van der Waals surface area (Å²) in [5.74, 6) is -0.753. The van der Waals surface area contributed by atoms with Crippen LogP contribution in [0.2, 0.25) is 5.02 Å². The first-order chi connectivity index (χ1) is 14.8. The molecule has 1 fully saturated rings. The van der Waals surface area contributed by atoms with Gasteiger partial charge in [0.2, 0.25) is 0 Å². The first kappa shape index (κ1) is 21.3. The van der Waals surface area contributed by atoms with Crippen LogP contribution < -0.4 is 4.72 Å². The molecule has 1 aliphatic rings. The SMILES string of the molecule is O=C(c1ccc(Cl)c(NS(=O)(=O)c2ccc(F)cc2)c1)N(Cc1ccncc1)C1CC1. The zero-order valence-electron chi connectivity index (χ0n) is 16.3. The Kier molecular flexibility index (Phi) is 5.93. The molecule has 1 aromatic heterocycles. The molecule has 1 saturated carbocycles. The van der Waals surface area contributed by atoms with Gasteiger partial charge in [-0.15, -0.1) is 0 Å². The van der Waals surface area contributed by atoms with Crippen molar-refractivity contribution in [1.82, 2.24) is 9.88 Å². The third kappa shape index (κ3) is 5.03. The van der Waals surface area contributed by atoms with Crippen molar-refractivity contribution in [1.29, 1.82) is 0 Å². The predicted octanol–water partition coefficient (Wildman–Crippen LogP) is 4.48. The van der Waals surface area contributed by atoms with Gasteiger partial charge in [-0.25, -0.2) is 12.8 Å². The van der Waals surface area contributed by atoms with Crippen LogP contribution >= 0.6 is 11.6 Å². The smallest absolute Gasteiger partial charge is 0.261 e. The van der Waals surface area contributed by atoms with E-state index in [1.54, 1.807) is 23.4 Å². The number of carbonyl (C=O) groups is 1. The summed E-state index contributed by atoms with van der Waals surface area (Å²) in [7, 11) is -4.00. The molecule has 9 heteroatoms. The Morgan fingerprint density at radius 1 is 1.10 bits per heavy atom. The molecule has 1 aliphatic carbocycles. The van der Waals surface area contributed by atoms with Crippen LogP contribution in [0.15, 0.2) is 71.9 Å². The van der Waals surface area contributed by atoms with Gasteiger partial charge in [0.1, 0.15) is 5.82 Å². The van der Waals surface area contributed by atoms with E-state index in [2.05, 4.69) is 9.71 Å². The largest absolute Gasteiger partial charge is 0.331 e. The van der Waals surface area contributed by atoms with Crippen LogP contribution in [0.1, 0.15) is 28.8 Å². The molecule has 1 amide bonds. The fraction of sp³-hybridized carbons (Fsp3) is 0.182. The number of anilines is 1. The second kappa shape index (κ2) is 8.64. The van der Waals surface area contributed by atoms with Gasteiger partial charge in [0, 0.05) is 30.5 Å². The standard InChI is InChI=1S/C22H19ClFN3O3S/c23-20-8-1-16(13-21(20)26-31(29,30)19-6-2-17(24)3-7-19)22(28)27(18-4-5-18)14-15-9-11-25-12-10-15/h1-3,6-13,18,26H,4-5,14H2. The molecular weight excluding hydrogens is 441 g/mol. The fourth-order valence-corrected chi connectivity index (χ4v) is 4.45. The molecule has 0 saturated heterocycles. The summed E-state index contributed by atoms with van der Waals surface area (Å²) in [4.78, 5) is 18.9. The zero-order valence-corrected chi connectivity index (χ0v) is 17.9. The van der Waals surface area contributed by atoms with Gasteiger partial charge in [-0.3, -0.25) is 14.5 Å². The van der Waals surface area contributed by atoms with Crippen molar-refractivity contribution in [3.63, 3.8) is 0 Å². The lowest BCUT2D eigenvalue weighted by atomic mass is 10.1. The lowest BCUT2D eigenvalue weighted by Gasteiger charge is -2.23. The summed E-state index contributed by atoms with van der Waals surface area (Å²) in [6.45, 7) is 0.436. The van der Waals surface area contributed by atoms with E-state index in [0.717, 1.165) is 42.7 Å². The van der Waals surface area contributed by atoms with E-state index in [0.29, 0.717) is 12.1 Å². The number of hydrogen-bond acceptors (Lipinski definition) is 4. The van der Waals surface area contributed by atoms with Crippen molar-refractivity contribution >= 4 is 33.2 Å². The molecule has 4 rings (SSSR count). The Balaban J connectivity index is 1.59. The van der Waals surface area contributed by atoms with Gasteiger partial charge in [0.05, 0.1) is 15.6 Å². The average molecular weight is 460 g/mol. The van der Waals surface area contributed by atoms with Crippen molar-refractivity contribution in [2.75, 3.05) is 4.72 Å².